The van der Waals surface area contributed by atoms with Gasteiger partial charge in [-0.25, -0.2) is 0 Å². The lowest BCUT2D eigenvalue weighted by Gasteiger charge is -2.32. The van der Waals surface area contributed by atoms with Crippen LogP contribution >= 0.6 is 0 Å². The zero-order valence-corrected chi connectivity index (χ0v) is 10.0. The first-order valence-corrected chi connectivity index (χ1v) is 5.90. The smallest absolute Gasteiger partial charge is 0.167 e. The van der Waals surface area contributed by atoms with Crippen LogP contribution in [0, 0.1) is 5.92 Å². The number of ether oxygens (including phenoxy) is 2. The fourth-order valence-electron chi connectivity index (χ4n) is 2.06. The largest absolute Gasteiger partial charge is 0.381 e. The highest BCUT2D eigenvalue weighted by Crippen LogP contribution is 2.26. The Morgan fingerprint density at radius 2 is 2.00 bits per heavy atom. The summed E-state index contributed by atoms with van der Waals surface area (Å²) < 4.78 is 10.9. The van der Waals surface area contributed by atoms with Gasteiger partial charge >= 0.3 is 0 Å². The summed E-state index contributed by atoms with van der Waals surface area (Å²) >= 11 is 0. The molecule has 3 nitrogen and oxygen atoms in total. The van der Waals surface area contributed by atoms with Gasteiger partial charge in [-0.1, -0.05) is 6.92 Å². The lowest BCUT2D eigenvalue weighted by atomic mass is 9.84. The van der Waals surface area contributed by atoms with Gasteiger partial charge in [0, 0.05) is 25.7 Å². The molecule has 0 spiro atoms. The highest BCUT2D eigenvalue weighted by Gasteiger charge is 2.37. The molecule has 1 aliphatic rings. The minimum Gasteiger partial charge on any atom is -0.381 e. The Kier molecular flexibility index (Phi) is 4.74. The van der Waals surface area contributed by atoms with Gasteiger partial charge in [-0.05, 0) is 33.1 Å². The van der Waals surface area contributed by atoms with E-state index in [1.807, 2.05) is 20.8 Å². The molecule has 0 bridgehead atoms. The lowest BCUT2D eigenvalue weighted by molar-refractivity contribution is -0.149. The van der Waals surface area contributed by atoms with Crippen LogP contribution in [-0.4, -0.2) is 31.2 Å². The highest BCUT2D eigenvalue weighted by atomic mass is 16.5. The number of Topliss-reactive ketones (excluding diaryl/α,β-unsaturated/α-hetero) is 1. The van der Waals surface area contributed by atoms with Gasteiger partial charge in [-0.3, -0.25) is 4.79 Å². The Balaban J connectivity index is 2.62. The van der Waals surface area contributed by atoms with E-state index in [1.54, 1.807) is 0 Å². The van der Waals surface area contributed by atoms with E-state index in [0.717, 1.165) is 19.3 Å². The van der Waals surface area contributed by atoms with Gasteiger partial charge in [0.25, 0.3) is 0 Å². The average molecular weight is 214 g/mol. The third-order valence-electron chi connectivity index (χ3n) is 3.25. The van der Waals surface area contributed by atoms with Crippen LogP contribution < -0.4 is 0 Å². The fourth-order valence-corrected chi connectivity index (χ4v) is 2.06. The summed E-state index contributed by atoms with van der Waals surface area (Å²) in [5, 5.41) is 0. The first-order valence-electron chi connectivity index (χ1n) is 5.90. The molecule has 0 aliphatic carbocycles. The van der Waals surface area contributed by atoms with E-state index in [-0.39, 0.29) is 11.7 Å². The summed E-state index contributed by atoms with van der Waals surface area (Å²) in [5.74, 6) is 0.394. The number of hydrogen-bond donors (Lipinski definition) is 0. The number of carbonyl (C=O) groups excluding carboxylic acids is 1. The lowest BCUT2D eigenvalue weighted by Crippen LogP contribution is -2.43. The summed E-state index contributed by atoms with van der Waals surface area (Å²) in [6, 6.07) is 0. The van der Waals surface area contributed by atoms with Gasteiger partial charge in [0.15, 0.2) is 5.78 Å². The topological polar surface area (TPSA) is 35.5 Å². The van der Waals surface area contributed by atoms with E-state index < -0.39 is 5.60 Å². The maximum Gasteiger partial charge on any atom is 0.167 e. The molecule has 0 aromatic rings. The quantitative estimate of drug-likeness (QED) is 0.703. The fraction of sp³-hybridized carbons (Fsp3) is 0.917. The first-order chi connectivity index (χ1) is 7.14. The second-order valence-electron chi connectivity index (χ2n) is 4.27. The molecule has 0 radical (unpaired) electrons. The van der Waals surface area contributed by atoms with Crippen LogP contribution in [0.4, 0.5) is 0 Å². The second-order valence-corrected chi connectivity index (χ2v) is 4.27. The van der Waals surface area contributed by atoms with E-state index in [2.05, 4.69) is 0 Å². The molecule has 1 aliphatic heterocycles. The number of rotatable bonds is 5. The van der Waals surface area contributed by atoms with Crippen molar-refractivity contribution in [1.82, 2.24) is 0 Å². The van der Waals surface area contributed by atoms with Crippen molar-refractivity contribution in [3.8, 4) is 0 Å². The minimum atomic E-state index is -0.587. The number of ketones is 1. The van der Waals surface area contributed by atoms with Crippen molar-refractivity contribution in [3.05, 3.63) is 0 Å². The van der Waals surface area contributed by atoms with Crippen molar-refractivity contribution in [2.24, 2.45) is 5.92 Å². The van der Waals surface area contributed by atoms with Crippen molar-refractivity contribution in [2.45, 2.75) is 45.6 Å². The average Bonchev–Trinajstić information content (AvgIpc) is 2.29. The normalized spacial score (nSPS) is 22.3. The Hall–Kier alpha value is -0.410. The molecule has 1 unspecified atom stereocenters. The van der Waals surface area contributed by atoms with Gasteiger partial charge in [-0.15, -0.1) is 0 Å². The number of carbonyl (C=O) groups is 1. The molecular formula is C12H22O3. The summed E-state index contributed by atoms with van der Waals surface area (Å²) in [6.45, 7) is 7.87. The minimum absolute atomic E-state index is 0.134. The van der Waals surface area contributed by atoms with Gasteiger partial charge < -0.3 is 9.47 Å². The van der Waals surface area contributed by atoms with E-state index in [4.69, 9.17) is 9.47 Å². The maximum absolute atomic E-state index is 12.3. The van der Waals surface area contributed by atoms with Crippen molar-refractivity contribution in [2.75, 3.05) is 19.8 Å². The SMILES string of the molecule is CCOC(C)(CC)C(=O)C1CCOCC1. The van der Waals surface area contributed by atoms with Gasteiger partial charge in [0.1, 0.15) is 5.60 Å². The zero-order valence-electron chi connectivity index (χ0n) is 10.0. The molecule has 1 atom stereocenters. The molecule has 1 heterocycles. The zero-order chi connectivity index (χ0) is 11.3. The molecule has 15 heavy (non-hydrogen) atoms. The van der Waals surface area contributed by atoms with E-state index in [1.165, 1.54) is 0 Å². The van der Waals surface area contributed by atoms with Crippen molar-refractivity contribution in [1.29, 1.82) is 0 Å². The Morgan fingerprint density at radius 3 is 2.47 bits per heavy atom. The van der Waals surface area contributed by atoms with Crippen LogP contribution in [-0.2, 0) is 14.3 Å². The van der Waals surface area contributed by atoms with Crippen LogP contribution in [0.1, 0.15) is 40.0 Å². The van der Waals surface area contributed by atoms with Crippen LogP contribution in [0.3, 0.4) is 0 Å². The summed E-state index contributed by atoms with van der Waals surface area (Å²) in [5.41, 5.74) is -0.587. The van der Waals surface area contributed by atoms with E-state index in [0.29, 0.717) is 19.8 Å². The standard InChI is InChI=1S/C12H22O3/c1-4-12(3,15-5-2)11(13)10-6-8-14-9-7-10/h10H,4-9H2,1-3H3. The molecule has 0 aromatic carbocycles. The van der Waals surface area contributed by atoms with Gasteiger partial charge in [0.05, 0.1) is 0 Å². The van der Waals surface area contributed by atoms with E-state index >= 15 is 0 Å². The molecule has 1 saturated heterocycles. The maximum atomic E-state index is 12.3. The molecule has 0 aromatic heterocycles. The second kappa shape index (κ2) is 5.61. The summed E-state index contributed by atoms with van der Waals surface area (Å²) in [4.78, 5) is 12.3. The monoisotopic (exact) mass is 214 g/mol. The summed E-state index contributed by atoms with van der Waals surface area (Å²) in [6.07, 6.45) is 2.44. The molecule has 88 valence electrons. The molecule has 0 N–H and O–H groups in total. The highest BCUT2D eigenvalue weighted by molar-refractivity contribution is 5.89. The third kappa shape index (κ3) is 3.02. The van der Waals surface area contributed by atoms with Crippen LogP contribution in [0.2, 0.25) is 0 Å². The van der Waals surface area contributed by atoms with Crippen molar-refractivity contribution < 1.29 is 14.3 Å². The molecule has 3 heteroatoms. The molecule has 1 fully saturated rings. The molecule has 0 saturated carbocycles. The van der Waals surface area contributed by atoms with E-state index in [9.17, 15) is 4.79 Å². The van der Waals surface area contributed by atoms with Crippen LogP contribution in [0.25, 0.3) is 0 Å². The Bertz CT molecular complexity index is 209. The van der Waals surface area contributed by atoms with Crippen molar-refractivity contribution >= 4 is 5.78 Å². The first kappa shape index (κ1) is 12.7. The third-order valence-corrected chi connectivity index (χ3v) is 3.25. The molecule has 0 amide bonds. The van der Waals surface area contributed by atoms with Crippen LogP contribution in [0.5, 0.6) is 0 Å². The van der Waals surface area contributed by atoms with Crippen molar-refractivity contribution in [3.63, 3.8) is 0 Å². The summed E-state index contributed by atoms with van der Waals surface area (Å²) in [7, 11) is 0. The predicted molar refractivity (Wildman–Crippen MR) is 58.9 cm³/mol. The van der Waals surface area contributed by atoms with Gasteiger partial charge in [-0.2, -0.15) is 0 Å². The van der Waals surface area contributed by atoms with Gasteiger partial charge in [0.2, 0.25) is 0 Å². The Morgan fingerprint density at radius 1 is 1.40 bits per heavy atom. The Labute approximate surface area is 92.1 Å². The molecule has 1 rings (SSSR count). The number of hydrogen-bond acceptors (Lipinski definition) is 3. The predicted octanol–water partition coefficient (Wildman–Crippen LogP) is 2.19. The molecular weight excluding hydrogens is 192 g/mol. The van der Waals surface area contributed by atoms with Crippen LogP contribution in [0.15, 0.2) is 0 Å².